The summed E-state index contributed by atoms with van der Waals surface area (Å²) in [5.41, 5.74) is 3.69. The second kappa shape index (κ2) is 10.1. The first kappa shape index (κ1) is 26.4. The molecule has 12 heteroatoms. The average molecular weight is 572 g/mol. The molecule has 6 heterocycles. The summed E-state index contributed by atoms with van der Waals surface area (Å²) in [6.45, 7) is 3.88. The number of aromatic nitrogens is 4. The molecule has 2 aliphatic rings. The molecule has 42 heavy (non-hydrogen) atoms. The molecular formula is C30H30FN7O4. The van der Waals surface area contributed by atoms with Crippen LogP contribution in [0.5, 0.6) is 0 Å². The van der Waals surface area contributed by atoms with Gasteiger partial charge >= 0.3 is 5.97 Å². The second-order valence-electron chi connectivity index (χ2n) is 11.0. The third-order valence-electron chi connectivity index (χ3n) is 8.43. The quantitative estimate of drug-likeness (QED) is 0.289. The number of anilines is 2. The van der Waals surface area contributed by atoms with Crippen molar-refractivity contribution < 1.29 is 19.0 Å². The Kier molecular flexibility index (Phi) is 6.32. The molecule has 1 unspecified atom stereocenters. The van der Waals surface area contributed by atoms with Crippen LogP contribution in [0.4, 0.5) is 15.8 Å². The van der Waals surface area contributed by atoms with Gasteiger partial charge in [0.05, 0.1) is 40.9 Å². The number of carboxylic acid groups (broad SMARTS) is 1. The number of aromatic amines is 1. The molecule has 7 rings (SSSR count). The molecule has 0 spiro atoms. The van der Waals surface area contributed by atoms with Crippen molar-refractivity contribution in [1.29, 1.82) is 0 Å². The van der Waals surface area contributed by atoms with E-state index in [1.165, 1.54) is 18.3 Å². The summed E-state index contributed by atoms with van der Waals surface area (Å²) in [5.74, 6) is -1.65. The average Bonchev–Trinajstić information content (AvgIpc) is 3.60. The largest absolute Gasteiger partial charge is 0.477 e. The van der Waals surface area contributed by atoms with Crippen molar-refractivity contribution in [3.8, 4) is 11.1 Å². The van der Waals surface area contributed by atoms with Crippen LogP contribution in [0.3, 0.4) is 0 Å². The third-order valence-corrected chi connectivity index (χ3v) is 8.43. The van der Waals surface area contributed by atoms with Crippen LogP contribution >= 0.6 is 0 Å². The van der Waals surface area contributed by atoms with Crippen LogP contribution in [-0.2, 0) is 4.74 Å². The number of ether oxygens (including phenoxy) is 1. The first-order valence-electron chi connectivity index (χ1n) is 14.0. The van der Waals surface area contributed by atoms with Gasteiger partial charge in [-0.05, 0) is 38.2 Å². The fourth-order valence-corrected chi connectivity index (χ4v) is 6.38. The zero-order valence-electron chi connectivity index (χ0n) is 23.3. The van der Waals surface area contributed by atoms with Crippen LogP contribution in [0.2, 0.25) is 0 Å². The molecule has 1 aromatic carbocycles. The molecule has 0 amide bonds. The van der Waals surface area contributed by atoms with Crippen molar-refractivity contribution in [2.45, 2.75) is 12.5 Å². The van der Waals surface area contributed by atoms with E-state index < -0.39 is 11.4 Å². The summed E-state index contributed by atoms with van der Waals surface area (Å²) in [6.07, 6.45) is 5.69. The Morgan fingerprint density at radius 1 is 1.14 bits per heavy atom. The van der Waals surface area contributed by atoms with Crippen molar-refractivity contribution in [2.24, 2.45) is 0 Å². The molecular weight excluding hydrogens is 541 g/mol. The predicted octanol–water partition coefficient (Wildman–Crippen LogP) is 3.69. The highest BCUT2D eigenvalue weighted by atomic mass is 19.1. The molecule has 2 saturated heterocycles. The number of H-pyrrole nitrogens is 1. The Hall–Kier alpha value is -4.55. The Labute approximate surface area is 239 Å². The van der Waals surface area contributed by atoms with Gasteiger partial charge in [0.2, 0.25) is 5.43 Å². The molecule has 2 fully saturated rings. The lowest BCUT2D eigenvalue weighted by atomic mass is 10.0. The van der Waals surface area contributed by atoms with E-state index in [1.807, 2.05) is 11.6 Å². The number of pyridine rings is 3. The number of hydrogen-bond donors (Lipinski definition) is 3. The van der Waals surface area contributed by atoms with Gasteiger partial charge in [-0.15, -0.1) is 0 Å². The van der Waals surface area contributed by atoms with E-state index in [0.29, 0.717) is 59.8 Å². The highest BCUT2D eigenvalue weighted by molar-refractivity contribution is 6.17. The fraction of sp³-hybridized carbons (Fsp3) is 0.333. The predicted molar refractivity (Wildman–Crippen MR) is 159 cm³/mol. The van der Waals surface area contributed by atoms with E-state index in [2.05, 4.69) is 20.1 Å². The lowest BCUT2D eigenvalue weighted by Gasteiger charge is -2.31. The maximum absolute atomic E-state index is 14.8. The Bertz CT molecular complexity index is 1950. The molecule has 0 saturated carbocycles. The minimum absolute atomic E-state index is 0.000958. The van der Waals surface area contributed by atoms with Crippen LogP contribution < -0.4 is 15.6 Å². The van der Waals surface area contributed by atoms with Gasteiger partial charge in [-0.1, -0.05) is 0 Å². The zero-order chi connectivity index (χ0) is 29.1. The summed E-state index contributed by atoms with van der Waals surface area (Å²) in [6, 6.07) is 4.65. The lowest BCUT2D eigenvalue weighted by Crippen LogP contribution is -2.36. The zero-order valence-corrected chi connectivity index (χ0v) is 23.3. The number of halogens is 1. The number of likely N-dealkylation sites (tertiary alicyclic amines) is 1. The van der Waals surface area contributed by atoms with E-state index in [-0.39, 0.29) is 22.8 Å². The van der Waals surface area contributed by atoms with Crippen molar-refractivity contribution in [3.05, 3.63) is 58.4 Å². The highest BCUT2D eigenvalue weighted by Crippen LogP contribution is 2.42. The van der Waals surface area contributed by atoms with Gasteiger partial charge in [-0.25, -0.2) is 19.2 Å². The summed E-state index contributed by atoms with van der Waals surface area (Å²) in [5, 5.41) is 14.6. The number of hydrogen-bond acceptors (Lipinski definition) is 8. The van der Waals surface area contributed by atoms with Crippen LogP contribution in [0, 0.1) is 5.82 Å². The van der Waals surface area contributed by atoms with Crippen LogP contribution in [0.1, 0.15) is 22.8 Å². The van der Waals surface area contributed by atoms with E-state index in [4.69, 9.17) is 14.7 Å². The Morgan fingerprint density at radius 2 is 1.95 bits per heavy atom. The molecule has 0 radical (unpaired) electrons. The number of rotatable bonds is 5. The third kappa shape index (κ3) is 4.17. The van der Waals surface area contributed by atoms with Crippen LogP contribution in [0.15, 0.2) is 41.6 Å². The molecule has 1 atom stereocenters. The van der Waals surface area contributed by atoms with Crippen molar-refractivity contribution in [1.82, 2.24) is 24.4 Å². The number of morpholine rings is 1. The first-order chi connectivity index (χ1) is 20.3. The van der Waals surface area contributed by atoms with E-state index in [1.54, 1.807) is 25.5 Å². The molecule has 4 aromatic heterocycles. The maximum Gasteiger partial charge on any atom is 0.341 e. The summed E-state index contributed by atoms with van der Waals surface area (Å²) >= 11 is 0. The van der Waals surface area contributed by atoms with E-state index >= 15 is 0 Å². The molecule has 0 bridgehead atoms. The number of benzene rings is 1. The molecule has 2 aliphatic heterocycles. The molecule has 216 valence electrons. The molecule has 3 N–H and O–H groups in total. The number of likely N-dealkylation sites (N-methyl/N-ethyl adjacent to an activating group) is 1. The van der Waals surface area contributed by atoms with Crippen LogP contribution in [0.25, 0.3) is 44.1 Å². The fourth-order valence-electron chi connectivity index (χ4n) is 6.38. The smallest absolute Gasteiger partial charge is 0.341 e. The molecule has 5 aromatic rings. The maximum atomic E-state index is 14.8. The topological polar surface area (TPSA) is 129 Å². The van der Waals surface area contributed by atoms with Crippen LogP contribution in [-0.4, -0.2) is 89.0 Å². The lowest BCUT2D eigenvalue weighted by molar-refractivity contribution is 0.0694. The van der Waals surface area contributed by atoms with Crippen molar-refractivity contribution >= 4 is 50.3 Å². The number of carboxylic acids is 1. The minimum Gasteiger partial charge on any atom is -0.477 e. The second-order valence-corrected chi connectivity index (χ2v) is 11.0. The Morgan fingerprint density at radius 3 is 2.67 bits per heavy atom. The van der Waals surface area contributed by atoms with E-state index in [9.17, 15) is 19.1 Å². The highest BCUT2D eigenvalue weighted by Gasteiger charge is 2.27. The van der Waals surface area contributed by atoms with Crippen molar-refractivity contribution in [3.63, 3.8) is 0 Å². The van der Waals surface area contributed by atoms with Gasteiger partial charge in [0, 0.05) is 67.8 Å². The molecule has 0 aliphatic carbocycles. The summed E-state index contributed by atoms with van der Waals surface area (Å²) < 4.78 is 22.3. The molecule has 11 nitrogen and oxygen atoms in total. The number of nitrogens with zero attached hydrogens (tertiary/aromatic N) is 5. The Balaban J connectivity index is 1.51. The minimum atomic E-state index is -1.27. The van der Waals surface area contributed by atoms with Gasteiger partial charge in [0.25, 0.3) is 0 Å². The van der Waals surface area contributed by atoms with E-state index in [0.717, 1.165) is 36.1 Å². The number of nitrogens with one attached hydrogen (secondary N) is 2. The SMILES string of the molecule is CNc1cc(F)cc2c1[nH]c1ncc(-c3cnc4c(c3)c(=O)c(C(=O)O)cn4C3CCN(C)C3)c(N3CCOCC3)c12. The monoisotopic (exact) mass is 571 g/mol. The summed E-state index contributed by atoms with van der Waals surface area (Å²) in [4.78, 5) is 42.8. The number of carbonyl (C=O) groups is 1. The standard InChI is InChI=1S/C30H30FN7O4/c1-32-23-11-17(31)10-19-24-26(37-5-7-42-8-6-37)21(13-33-28(24)35-25(19)23)16-9-20-27(39)22(30(40)41)15-38(29(20)34-12-16)18-3-4-36(2)14-18/h9-13,15,18,32H,3-8,14H2,1-2H3,(H,33,35)(H,40,41). The van der Waals surface area contributed by atoms with Gasteiger partial charge in [0.15, 0.2) is 0 Å². The first-order valence-corrected chi connectivity index (χ1v) is 14.0. The summed E-state index contributed by atoms with van der Waals surface area (Å²) in [7, 11) is 3.75. The normalized spacial score (nSPS) is 18.0. The van der Waals surface area contributed by atoms with Gasteiger partial charge in [-0.2, -0.15) is 0 Å². The van der Waals surface area contributed by atoms with Gasteiger partial charge in [-0.3, -0.25) is 4.79 Å². The number of aromatic carboxylic acids is 1. The number of fused-ring (bicyclic) bond motifs is 4. The van der Waals surface area contributed by atoms with Crippen molar-refractivity contribution in [2.75, 3.05) is 63.7 Å². The van der Waals surface area contributed by atoms with Gasteiger partial charge in [0.1, 0.15) is 22.7 Å². The van der Waals surface area contributed by atoms with Gasteiger partial charge < -0.3 is 34.5 Å².